The monoisotopic (exact) mass is 446 g/mol. The maximum absolute atomic E-state index is 14.8. The van der Waals surface area contributed by atoms with Crippen molar-refractivity contribution in [1.82, 2.24) is 0 Å². The molecule has 0 spiro atoms. The molecule has 0 saturated carbocycles. The van der Waals surface area contributed by atoms with Crippen LogP contribution in [0, 0.1) is 5.82 Å². The highest BCUT2D eigenvalue weighted by molar-refractivity contribution is 5.72. The molecule has 174 valence electrons. The van der Waals surface area contributed by atoms with Gasteiger partial charge < -0.3 is 9.84 Å². The van der Waals surface area contributed by atoms with Gasteiger partial charge in [0.1, 0.15) is 11.6 Å². The zero-order valence-electron chi connectivity index (χ0n) is 19.8. The van der Waals surface area contributed by atoms with Crippen molar-refractivity contribution >= 4 is 6.08 Å². The number of hydrogen-bond acceptors (Lipinski definition) is 2. The third kappa shape index (κ3) is 7.87. The van der Waals surface area contributed by atoms with Gasteiger partial charge in [-0.25, -0.2) is 4.39 Å². The molecule has 3 aromatic carbocycles. The molecule has 3 aromatic rings. The van der Waals surface area contributed by atoms with E-state index in [4.69, 9.17) is 4.74 Å². The summed E-state index contributed by atoms with van der Waals surface area (Å²) >= 11 is 0. The van der Waals surface area contributed by atoms with Crippen LogP contribution in [0.15, 0.2) is 72.8 Å². The van der Waals surface area contributed by atoms with E-state index < -0.39 is 0 Å². The van der Waals surface area contributed by atoms with E-state index >= 15 is 0 Å². The minimum absolute atomic E-state index is 0.200. The summed E-state index contributed by atoms with van der Waals surface area (Å²) in [6.45, 7) is 5.24. The normalized spacial score (nSPS) is 12.3. The van der Waals surface area contributed by atoms with E-state index in [2.05, 4.69) is 26.0 Å². The van der Waals surface area contributed by atoms with Crippen LogP contribution in [0.4, 0.5) is 4.39 Å². The van der Waals surface area contributed by atoms with Gasteiger partial charge in [-0.3, -0.25) is 0 Å². The van der Waals surface area contributed by atoms with Gasteiger partial charge in [-0.1, -0.05) is 80.4 Å². The summed E-state index contributed by atoms with van der Waals surface area (Å²) in [4.78, 5) is 0. The Morgan fingerprint density at radius 1 is 0.879 bits per heavy atom. The molecule has 3 heteroatoms. The van der Waals surface area contributed by atoms with Gasteiger partial charge in [-0.2, -0.15) is 0 Å². The molecule has 1 atom stereocenters. The fourth-order valence-corrected chi connectivity index (χ4v) is 3.82. The maximum atomic E-state index is 14.8. The quantitative estimate of drug-likeness (QED) is 0.282. The Hall–Kier alpha value is -2.91. The Morgan fingerprint density at radius 2 is 1.58 bits per heavy atom. The zero-order chi connectivity index (χ0) is 23.5. The largest absolute Gasteiger partial charge is 0.508 e. The molecule has 0 aromatic heterocycles. The van der Waals surface area contributed by atoms with Gasteiger partial charge in [-0.05, 0) is 73.1 Å². The van der Waals surface area contributed by atoms with Crippen LogP contribution in [0.1, 0.15) is 57.9 Å². The zero-order valence-corrected chi connectivity index (χ0v) is 19.8. The first-order chi connectivity index (χ1) is 16.1. The van der Waals surface area contributed by atoms with Crippen molar-refractivity contribution < 1.29 is 14.2 Å². The number of aromatic hydroxyl groups is 1. The second kappa shape index (κ2) is 13.0. The number of benzene rings is 3. The van der Waals surface area contributed by atoms with Gasteiger partial charge >= 0.3 is 0 Å². The highest BCUT2D eigenvalue weighted by atomic mass is 19.1. The maximum Gasteiger partial charge on any atom is 0.131 e. The van der Waals surface area contributed by atoms with Gasteiger partial charge in [0, 0.05) is 12.2 Å². The molecule has 1 unspecified atom stereocenters. The van der Waals surface area contributed by atoms with Crippen LogP contribution in [0.3, 0.4) is 0 Å². The molecule has 0 fully saturated rings. The first-order valence-electron chi connectivity index (χ1n) is 12.0. The Kier molecular flexibility index (Phi) is 9.71. The molecule has 0 saturated heterocycles. The molecule has 3 rings (SSSR count). The smallest absolute Gasteiger partial charge is 0.131 e. The lowest BCUT2D eigenvalue weighted by Crippen LogP contribution is -2.08. The van der Waals surface area contributed by atoms with Crippen LogP contribution in [-0.2, 0) is 4.74 Å². The summed E-state index contributed by atoms with van der Waals surface area (Å²) in [5.74, 6) is -0.0544. The van der Waals surface area contributed by atoms with E-state index in [1.54, 1.807) is 30.3 Å². The Morgan fingerprint density at radius 3 is 2.27 bits per heavy atom. The average molecular weight is 447 g/mol. The third-order valence-corrected chi connectivity index (χ3v) is 5.83. The number of phenolic OH excluding ortho intramolecular Hbond substituents is 1. The highest BCUT2D eigenvalue weighted by Crippen LogP contribution is 2.29. The highest BCUT2D eigenvalue weighted by Gasteiger charge is 2.08. The molecule has 0 amide bonds. The number of ether oxygens (including phenoxy) is 1. The lowest BCUT2D eigenvalue weighted by Gasteiger charge is -2.12. The number of hydrogen-bond donors (Lipinski definition) is 1. The molecule has 1 N–H and O–H groups in total. The second-order valence-corrected chi connectivity index (χ2v) is 8.59. The van der Waals surface area contributed by atoms with Crippen LogP contribution in [0.2, 0.25) is 0 Å². The standard InChI is InChI=1S/C30H35FO2/c1-3-4-8-21-33-23(2)9-6-5-7-10-24-11-13-26(14-12-24)29-20-17-27(22-30(29)31)25-15-18-28(32)19-16-25/h7,10-20,22-23,32H,3-6,8-9,21H2,1-2H3. The summed E-state index contributed by atoms with van der Waals surface area (Å²) in [6.07, 6.45) is 11.5. The van der Waals surface area contributed by atoms with Gasteiger partial charge in [0.2, 0.25) is 0 Å². The molecule has 33 heavy (non-hydrogen) atoms. The SMILES string of the molecule is CCCCCOC(C)CCCC=Cc1ccc(-c2ccc(-c3ccc(O)cc3)cc2F)cc1. The van der Waals surface area contributed by atoms with Crippen molar-refractivity contribution in [2.75, 3.05) is 6.61 Å². The minimum atomic E-state index is -0.255. The summed E-state index contributed by atoms with van der Waals surface area (Å²) in [7, 11) is 0. The second-order valence-electron chi connectivity index (χ2n) is 8.59. The Bertz CT molecular complexity index is 1010. The molecular formula is C30H35FO2. The Labute approximate surface area is 197 Å². The van der Waals surface area contributed by atoms with E-state index in [9.17, 15) is 9.50 Å². The number of unbranched alkanes of at least 4 members (excludes halogenated alkanes) is 3. The lowest BCUT2D eigenvalue weighted by atomic mass is 9.98. The molecule has 0 aliphatic carbocycles. The average Bonchev–Trinajstić information content (AvgIpc) is 2.82. The Balaban J connectivity index is 1.50. The lowest BCUT2D eigenvalue weighted by molar-refractivity contribution is 0.0566. The molecule has 2 nitrogen and oxygen atoms in total. The predicted molar refractivity (Wildman–Crippen MR) is 137 cm³/mol. The first-order valence-corrected chi connectivity index (χ1v) is 12.0. The van der Waals surface area contributed by atoms with Crippen LogP contribution < -0.4 is 0 Å². The fourth-order valence-electron chi connectivity index (χ4n) is 3.82. The summed E-state index contributed by atoms with van der Waals surface area (Å²) in [5, 5.41) is 9.44. The van der Waals surface area contributed by atoms with Crippen molar-refractivity contribution in [3.05, 3.63) is 84.2 Å². The molecule has 0 aliphatic rings. The number of rotatable bonds is 12. The van der Waals surface area contributed by atoms with Crippen molar-refractivity contribution in [1.29, 1.82) is 0 Å². The van der Waals surface area contributed by atoms with E-state index in [-0.39, 0.29) is 11.6 Å². The summed E-state index contributed by atoms with van der Waals surface area (Å²) in [5.41, 5.74) is 4.22. The molecule has 0 radical (unpaired) electrons. The molecular weight excluding hydrogens is 411 g/mol. The van der Waals surface area contributed by atoms with Crippen LogP contribution in [-0.4, -0.2) is 17.8 Å². The van der Waals surface area contributed by atoms with Crippen molar-refractivity contribution in [2.24, 2.45) is 0 Å². The fraction of sp³-hybridized carbons (Fsp3) is 0.333. The van der Waals surface area contributed by atoms with Gasteiger partial charge in [-0.15, -0.1) is 0 Å². The first kappa shape index (κ1) is 24.7. The van der Waals surface area contributed by atoms with Gasteiger partial charge in [0.05, 0.1) is 6.10 Å². The van der Waals surface area contributed by atoms with E-state index in [1.165, 1.54) is 12.8 Å². The number of allylic oxidation sites excluding steroid dienone is 1. The third-order valence-electron chi connectivity index (χ3n) is 5.83. The molecule has 0 aliphatic heterocycles. The number of halogens is 1. The molecule has 0 heterocycles. The predicted octanol–water partition coefficient (Wildman–Crippen LogP) is 8.64. The minimum Gasteiger partial charge on any atom is -0.508 e. The van der Waals surface area contributed by atoms with E-state index in [1.807, 2.05) is 36.4 Å². The van der Waals surface area contributed by atoms with Gasteiger partial charge in [0.15, 0.2) is 0 Å². The summed E-state index contributed by atoms with van der Waals surface area (Å²) in [6, 6.07) is 20.0. The van der Waals surface area contributed by atoms with Crippen LogP contribution in [0.5, 0.6) is 5.75 Å². The van der Waals surface area contributed by atoms with Crippen molar-refractivity contribution in [3.63, 3.8) is 0 Å². The van der Waals surface area contributed by atoms with Crippen molar-refractivity contribution in [3.8, 4) is 28.0 Å². The van der Waals surface area contributed by atoms with Crippen molar-refractivity contribution in [2.45, 2.75) is 58.5 Å². The molecule has 0 bridgehead atoms. The number of phenols is 1. The topological polar surface area (TPSA) is 29.5 Å². The van der Waals surface area contributed by atoms with Gasteiger partial charge in [0.25, 0.3) is 0 Å². The van der Waals surface area contributed by atoms with E-state index in [0.29, 0.717) is 11.7 Å². The van der Waals surface area contributed by atoms with Crippen LogP contribution >= 0.6 is 0 Å². The van der Waals surface area contributed by atoms with Crippen LogP contribution in [0.25, 0.3) is 28.3 Å². The summed E-state index contributed by atoms with van der Waals surface area (Å²) < 4.78 is 20.6. The van der Waals surface area contributed by atoms with E-state index in [0.717, 1.165) is 54.5 Å².